The number of aliphatic hydroxyl groups is 2. The fraction of sp³-hybridized carbons (Fsp3) is 0.700. The van der Waals surface area contributed by atoms with Gasteiger partial charge in [-0.2, -0.15) is 0 Å². The van der Waals surface area contributed by atoms with Gasteiger partial charge in [0, 0.05) is 0 Å². The molecule has 2 nitrogen and oxygen atoms in total. The van der Waals surface area contributed by atoms with Crippen LogP contribution in [0.4, 0.5) is 0 Å². The summed E-state index contributed by atoms with van der Waals surface area (Å²) in [7, 11) is 0. The Hall–Kier alpha value is -0.860. The number of allylic oxidation sites excluding steroid dienone is 6. The third kappa shape index (κ3) is 6.50. The highest BCUT2D eigenvalue weighted by molar-refractivity contribution is 5.19. The Bertz CT molecular complexity index is 439. The highest BCUT2D eigenvalue weighted by Crippen LogP contribution is 2.25. The molecule has 0 fully saturated rings. The molecule has 2 atom stereocenters. The van der Waals surface area contributed by atoms with Crippen molar-refractivity contribution in [3.8, 4) is 0 Å². The third-order valence-corrected chi connectivity index (χ3v) is 4.80. The molecule has 1 aliphatic carbocycles. The van der Waals surface area contributed by atoms with Gasteiger partial charge in [-0.15, -0.1) is 0 Å². The van der Waals surface area contributed by atoms with Crippen LogP contribution in [0.15, 0.2) is 34.9 Å². The molecule has 0 heterocycles. The van der Waals surface area contributed by atoms with E-state index < -0.39 is 11.7 Å². The molecule has 1 aliphatic rings. The zero-order chi connectivity index (χ0) is 16.8. The van der Waals surface area contributed by atoms with Crippen molar-refractivity contribution in [2.75, 3.05) is 0 Å². The monoisotopic (exact) mass is 306 g/mol. The van der Waals surface area contributed by atoms with E-state index in [9.17, 15) is 10.2 Å². The van der Waals surface area contributed by atoms with Crippen LogP contribution in [0.1, 0.15) is 73.1 Å². The molecule has 0 amide bonds. The first-order valence-electron chi connectivity index (χ1n) is 8.64. The fourth-order valence-electron chi connectivity index (χ4n) is 2.79. The maximum absolute atomic E-state index is 10.4. The molecule has 0 spiro atoms. The SMILES string of the molecule is CC1=CCCC(C)(O)C(O)CCC(C)=CC=C(C(C)C)CC1. The maximum Gasteiger partial charge on any atom is 0.0880 e. The summed E-state index contributed by atoms with van der Waals surface area (Å²) in [5.74, 6) is 0.566. The molecule has 0 bridgehead atoms. The highest BCUT2D eigenvalue weighted by atomic mass is 16.3. The van der Waals surface area contributed by atoms with Gasteiger partial charge in [0.2, 0.25) is 0 Å². The van der Waals surface area contributed by atoms with Gasteiger partial charge in [-0.25, -0.2) is 0 Å². The summed E-state index contributed by atoms with van der Waals surface area (Å²) < 4.78 is 0. The van der Waals surface area contributed by atoms with E-state index >= 15 is 0 Å². The summed E-state index contributed by atoms with van der Waals surface area (Å²) in [6.07, 6.45) is 11.0. The summed E-state index contributed by atoms with van der Waals surface area (Å²) in [6, 6.07) is 0. The van der Waals surface area contributed by atoms with E-state index in [-0.39, 0.29) is 0 Å². The van der Waals surface area contributed by atoms with E-state index in [2.05, 4.69) is 45.9 Å². The van der Waals surface area contributed by atoms with Crippen LogP contribution < -0.4 is 0 Å². The van der Waals surface area contributed by atoms with Crippen LogP contribution in [0.5, 0.6) is 0 Å². The molecule has 126 valence electrons. The van der Waals surface area contributed by atoms with Crippen LogP contribution in [0.25, 0.3) is 0 Å². The second-order valence-electron chi connectivity index (χ2n) is 7.41. The van der Waals surface area contributed by atoms with Gasteiger partial charge >= 0.3 is 0 Å². The molecule has 0 aliphatic heterocycles. The van der Waals surface area contributed by atoms with Gasteiger partial charge < -0.3 is 10.2 Å². The molecule has 0 radical (unpaired) electrons. The van der Waals surface area contributed by atoms with Crippen LogP contribution in [0.2, 0.25) is 0 Å². The van der Waals surface area contributed by atoms with Crippen molar-refractivity contribution in [3.05, 3.63) is 34.9 Å². The lowest BCUT2D eigenvalue weighted by molar-refractivity contribution is -0.0691. The lowest BCUT2D eigenvalue weighted by atomic mass is 9.88. The first-order valence-corrected chi connectivity index (χ1v) is 8.64. The number of aliphatic hydroxyl groups excluding tert-OH is 1. The van der Waals surface area contributed by atoms with Gasteiger partial charge in [-0.3, -0.25) is 0 Å². The molecule has 1 rings (SSSR count). The van der Waals surface area contributed by atoms with Crippen molar-refractivity contribution in [1.29, 1.82) is 0 Å². The fourth-order valence-corrected chi connectivity index (χ4v) is 2.79. The van der Waals surface area contributed by atoms with Crippen molar-refractivity contribution in [1.82, 2.24) is 0 Å². The Kier molecular flexibility index (Phi) is 7.58. The number of rotatable bonds is 1. The van der Waals surface area contributed by atoms with Gasteiger partial charge in [-0.05, 0) is 65.2 Å². The number of hydrogen-bond acceptors (Lipinski definition) is 2. The van der Waals surface area contributed by atoms with Gasteiger partial charge in [-0.1, -0.05) is 48.8 Å². The van der Waals surface area contributed by atoms with Crippen LogP contribution in [0.3, 0.4) is 0 Å². The number of hydrogen-bond donors (Lipinski definition) is 2. The average molecular weight is 306 g/mol. The third-order valence-electron chi connectivity index (χ3n) is 4.80. The second kappa shape index (κ2) is 8.69. The second-order valence-corrected chi connectivity index (χ2v) is 7.41. The van der Waals surface area contributed by atoms with E-state index in [0.717, 1.165) is 25.7 Å². The Morgan fingerprint density at radius 3 is 2.41 bits per heavy atom. The lowest BCUT2D eigenvalue weighted by Crippen LogP contribution is -2.39. The Morgan fingerprint density at radius 1 is 1.09 bits per heavy atom. The van der Waals surface area contributed by atoms with Crippen molar-refractivity contribution in [2.45, 2.75) is 84.8 Å². The molecule has 0 aromatic rings. The minimum Gasteiger partial charge on any atom is -0.390 e. The molecular weight excluding hydrogens is 272 g/mol. The van der Waals surface area contributed by atoms with Gasteiger partial charge in [0.1, 0.15) is 0 Å². The molecule has 0 saturated carbocycles. The van der Waals surface area contributed by atoms with E-state index in [1.807, 2.05) is 0 Å². The van der Waals surface area contributed by atoms with Crippen molar-refractivity contribution in [2.24, 2.45) is 5.92 Å². The van der Waals surface area contributed by atoms with Crippen molar-refractivity contribution < 1.29 is 10.2 Å². The largest absolute Gasteiger partial charge is 0.390 e. The molecule has 0 saturated heterocycles. The quantitative estimate of drug-likeness (QED) is 0.674. The molecule has 22 heavy (non-hydrogen) atoms. The standard InChI is InChI=1S/C20H34O2/c1-15(2)18-11-8-16(3)7-6-14-20(5,22)19(21)13-10-17(4)9-12-18/h7,9,12,15,19,21-22H,6,8,10-11,13-14H2,1-5H3. The lowest BCUT2D eigenvalue weighted by Gasteiger charge is -2.29. The Labute approximate surface area is 136 Å². The minimum absolute atomic E-state index is 0.566. The van der Waals surface area contributed by atoms with Gasteiger partial charge in [0.05, 0.1) is 11.7 Å². The molecule has 0 aromatic heterocycles. The predicted octanol–water partition coefficient (Wildman–Crippen LogP) is 4.93. The summed E-state index contributed by atoms with van der Waals surface area (Å²) in [6.45, 7) is 10.5. The summed E-state index contributed by atoms with van der Waals surface area (Å²) >= 11 is 0. The van der Waals surface area contributed by atoms with E-state index in [0.29, 0.717) is 18.8 Å². The zero-order valence-corrected chi connectivity index (χ0v) is 15.0. The van der Waals surface area contributed by atoms with E-state index in [4.69, 9.17) is 0 Å². The van der Waals surface area contributed by atoms with Crippen LogP contribution in [-0.4, -0.2) is 21.9 Å². The Balaban J connectivity index is 2.95. The van der Waals surface area contributed by atoms with Crippen LogP contribution >= 0.6 is 0 Å². The first kappa shape index (κ1) is 19.2. The average Bonchev–Trinajstić information content (AvgIpc) is 2.43. The zero-order valence-electron chi connectivity index (χ0n) is 15.0. The topological polar surface area (TPSA) is 40.5 Å². The van der Waals surface area contributed by atoms with E-state index in [1.165, 1.54) is 16.7 Å². The Morgan fingerprint density at radius 2 is 1.77 bits per heavy atom. The molecule has 2 N–H and O–H groups in total. The normalized spacial score (nSPS) is 29.5. The van der Waals surface area contributed by atoms with Crippen molar-refractivity contribution in [3.63, 3.8) is 0 Å². The highest BCUT2D eigenvalue weighted by Gasteiger charge is 2.29. The molecule has 2 heteroatoms. The summed E-state index contributed by atoms with van der Waals surface area (Å²) in [4.78, 5) is 0. The summed E-state index contributed by atoms with van der Waals surface area (Å²) in [5.41, 5.74) is 3.11. The summed E-state index contributed by atoms with van der Waals surface area (Å²) in [5, 5.41) is 20.7. The molecule has 2 unspecified atom stereocenters. The van der Waals surface area contributed by atoms with Crippen LogP contribution in [0, 0.1) is 5.92 Å². The smallest absolute Gasteiger partial charge is 0.0880 e. The predicted molar refractivity (Wildman–Crippen MR) is 94.8 cm³/mol. The van der Waals surface area contributed by atoms with Gasteiger partial charge in [0.15, 0.2) is 0 Å². The molecule has 0 aromatic carbocycles. The first-order chi connectivity index (χ1) is 10.2. The minimum atomic E-state index is -1.000. The maximum atomic E-state index is 10.4. The molecular formula is C20H34O2. The van der Waals surface area contributed by atoms with Crippen molar-refractivity contribution >= 4 is 0 Å². The van der Waals surface area contributed by atoms with Gasteiger partial charge in [0.25, 0.3) is 0 Å². The van der Waals surface area contributed by atoms with E-state index in [1.54, 1.807) is 6.92 Å². The van der Waals surface area contributed by atoms with Crippen LogP contribution in [-0.2, 0) is 0 Å².